The molecule has 86 valence electrons. The van der Waals surface area contributed by atoms with Gasteiger partial charge in [0.05, 0.1) is 0 Å². The number of amides is 1. The third kappa shape index (κ3) is 4.65. The van der Waals surface area contributed by atoms with Gasteiger partial charge in [-0.25, -0.2) is 0 Å². The van der Waals surface area contributed by atoms with Crippen LogP contribution in [0.4, 0.5) is 0 Å². The monoisotopic (exact) mass is 231 g/mol. The summed E-state index contributed by atoms with van der Waals surface area (Å²) >= 11 is 5.17. The van der Waals surface area contributed by atoms with Crippen molar-refractivity contribution in [2.24, 2.45) is 5.92 Å². The van der Waals surface area contributed by atoms with Crippen LogP contribution in [-0.2, 0) is 9.59 Å². The molecule has 0 heterocycles. The van der Waals surface area contributed by atoms with Gasteiger partial charge in [0, 0.05) is 18.9 Å². The molecular formula is C11H18ClNO2. The predicted octanol–water partition coefficient (Wildman–Crippen LogP) is 2.23. The van der Waals surface area contributed by atoms with Gasteiger partial charge in [-0.1, -0.05) is 19.8 Å². The Hall–Kier alpha value is -0.570. The summed E-state index contributed by atoms with van der Waals surface area (Å²) in [6.07, 6.45) is 5.03. The van der Waals surface area contributed by atoms with Crippen molar-refractivity contribution in [3.8, 4) is 0 Å². The Morgan fingerprint density at radius 1 is 1.27 bits per heavy atom. The van der Waals surface area contributed by atoms with Crippen LogP contribution >= 0.6 is 11.6 Å². The maximum absolute atomic E-state index is 11.4. The van der Waals surface area contributed by atoms with E-state index in [-0.39, 0.29) is 24.8 Å². The molecule has 0 aromatic rings. The maximum Gasteiger partial charge on any atom is 0.222 e. The Bertz CT molecular complexity index is 243. The van der Waals surface area contributed by atoms with E-state index in [0.29, 0.717) is 5.92 Å². The lowest BCUT2D eigenvalue weighted by molar-refractivity contribution is -0.124. The van der Waals surface area contributed by atoms with Crippen LogP contribution in [0, 0.1) is 5.92 Å². The van der Waals surface area contributed by atoms with Crippen molar-refractivity contribution in [1.82, 2.24) is 5.32 Å². The van der Waals surface area contributed by atoms with Gasteiger partial charge in [0.2, 0.25) is 11.1 Å². The molecular weight excluding hydrogens is 214 g/mol. The Balaban J connectivity index is 2.26. The van der Waals surface area contributed by atoms with Crippen LogP contribution < -0.4 is 5.32 Å². The average molecular weight is 232 g/mol. The second kappa shape index (κ2) is 6.11. The summed E-state index contributed by atoms with van der Waals surface area (Å²) in [4.78, 5) is 21.9. The van der Waals surface area contributed by atoms with Crippen LogP contribution in [-0.4, -0.2) is 17.2 Å². The predicted molar refractivity (Wildman–Crippen MR) is 59.7 cm³/mol. The van der Waals surface area contributed by atoms with E-state index < -0.39 is 5.24 Å². The molecule has 1 fully saturated rings. The van der Waals surface area contributed by atoms with Crippen LogP contribution in [0.2, 0.25) is 0 Å². The SMILES string of the molecule is CC1CCCCC1NC(=O)CCC(=O)Cl. The summed E-state index contributed by atoms with van der Waals surface area (Å²) < 4.78 is 0. The molecule has 1 N–H and O–H groups in total. The zero-order chi connectivity index (χ0) is 11.3. The van der Waals surface area contributed by atoms with Gasteiger partial charge in [-0.15, -0.1) is 0 Å². The molecule has 15 heavy (non-hydrogen) atoms. The van der Waals surface area contributed by atoms with Crippen molar-refractivity contribution >= 4 is 22.8 Å². The van der Waals surface area contributed by atoms with Crippen molar-refractivity contribution in [3.63, 3.8) is 0 Å². The third-order valence-corrected chi connectivity index (χ3v) is 3.20. The van der Waals surface area contributed by atoms with Gasteiger partial charge in [0.1, 0.15) is 0 Å². The van der Waals surface area contributed by atoms with Gasteiger partial charge in [-0.3, -0.25) is 9.59 Å². The number of halogens is 1. The topological polar surface area (TPSA) is 46.2 Å². The molecule has 1 saturated carbocycles. The lowest BCUT2D eigenvalue weighted by Crippen LogP contribution is -2.41. The molecule has 0 aromatic carbocycles. The van der Waals surface area contributed by atoms with Crippen LogP contribution in [0.5, 0.6) is 0 Å². The summed E-state index contributed by atoms with van der Waals surface area (Å²) in [5, 5.41) is 2.53. The fourth-order valence-electron chi connectivity index (χ4n) is 2.02. The molecule has 2 atom stereocenters. The van der Waals surface area contributed by atoms with E-state index >= 15 is 0 Å². The van der Waals surface area contributed by atoms with Crippen molar-refractivity contribution in [2.45, 2.75) is 51.5 Å². The minimum Gasteiger partial charge on any atom is -0.353 e. The Morgan fingerprint density at radius 2 is 1.93 bits per heavy atom. The van der Waals surface area contributed by atoms with E-state index in [1.165, 1.54) is 19.3 Å². The highest BCUT2D eigenvalue weighted by molar-refractivity contribution is 6.63. The molecule has 1 aliphatic rings. The van der Waals surface area contributed by atoms with Gasteiger partial charge in [-0.2, -0.15) is 0 Å². The van der Waals surface area contributed by atoms with E-state index in [0.717, 1.165) is 6.42 Å². The number of carbonyl (C=O) groups is 2. The van der Waals surface area contributed by atoms with Crippen molar-refractivity contribution < 1.29 is 9.59 Å². The molecule has 1 rings (SSSR count). The van der Waals surface area contributed by atoms with E-state index in [2.05, 4.69) is 12.2 Å². The molecule has 2 unspecified atom stereocenters. The molecule has 0 aromatic heterocycles. The summed E-state index contributed by atoms with van der Waals surface area (Å²) in [6, 6.07) is 0.289. The standard InChI is InChI=1S/C11H18ClNO2/c1-8-4-2-3-5-9(8)13-11(15)7-6-10(12)14/h8-9H,2-7H2,1H3,(H,13,15). The summed E-state index contributed by atoms with van der Waals surface area (Å²) in [5.41, 5.74) is 0. The van der Waals surface area contributed by atoms with Crippen molar-refractivity contribution in [2.75, 3.05) is 0 Å². The molecule has 1 aliphatic carbocycles. The van der Waals surface area contributed by atoms with Crippen molar-refractivity contribution in [3.05, 3.63) is 0 Å². The molecule has 0 aliphatic heterocycles. The lowest BCUT2D eigenvalue weighted by Gasteiger charge is -2.29. The highest BCUT2D eigenvalue weighted by Crippen LogP contribution is 2.23. The van der Waals surface area contributed by atoms with E-state index in [1.807, 2.05) is 0 Å². The Labute approximate surface area is 95.6 Å². The second-order valence-corrected chi connectivity index (χ2v) is 4.71. The summed E-state index contributed by atoms with van der Waals surface area (Å²) in [6.45, 7) is 2.16. The molecule has 3 nitrogen and oxygen atoms in total. The molecule has 4 heteroatoms. The number of nitrogens with one attached hydrogen (secondary N) is 1. The number of hydrogen-bond acceptors (Lipinski definition) is 2. The fourth-order valence-corrected chi connectivity index (χ4v) is 2.12. The van der Waals surface area contributed by atoms with Crippen LogP contribution in [0.3, 0.4) is 0 Å². The second-order valence-electron chi connectivity index (χ2n) is 4.29. The largest absolute Gasteiger partial charge is 0.353 e. The summed E-state index contributed by atoms with van der Waals surface area (Å²) in [5.74, 6) is 0.497. The van der Waals surface area contributed by atoms with Crippen LogP contribution in [0.15, 0.2) is 0 Å². The average Bonchev–Trinajstić information content (AvgIpc) is 2.18. The van der Waals surface area contributed by atoms with E-state index in [1.54, 1.807) is 0 Å². The minimum atomic E-state index is -0.443. The zero-order valence-electron chi connectivity index (χ0n) is 9.09. The first-order chi connectivity index (χ1) is 7.09. The van der Waals surface area contributed by atoms with Gasteiger partial charge < -0.3 is 5.32 Å². The minimum absolute atomic E-state index is 0.0530. The fraction of sp³-hybridized carbons (Fsp3) is 0.818. The van der Waals surface area contributed by atoms with Gasteiger partial charge in [0.25, 0.3) is 0 Å². The normalized spacial score (nSPS) is 26.0. The number of carbonyl (C=O) groups excluding carboxylic acids is 2. The number of hydrogen-bond donors (Lipinski definition) is 1. The maximum atomic E-state index is 11.4. The first-order valence-corrected chi connectivity index (χ1v) is 5.95. The highest BCUT2D eigenvalue weighted by Gasteiger charge is 2.22. The quantitative estimate of drug-likeness (QED) is 0.755. The molecule has 0 radical (unpaired) electrons. The zero-order valence-corrected chi connectivity index (χ0v) is 9.85. The Kier molecular flexibility index (Phi) is 5.09. The van der Waals surface area contributed by atoms with Gasteiger partial charge >= 0.3 is 0 Å². The van der Waals surface area contributed by atoms with Crippen LogP contribution in [0.1, 0.15) is 45.4 Å². The van der Waals surface area contributed by atoms with E-state index in [9.17, 15) is 9.59 Å². The third-order valence-electron chi connectivity index (χ3n) is 3.01. The highest BCUT2D eigenvalue weighted by atomic mass is 35.5. The molecule has 0 bridgehead atoms. The molecule has 1 amide bonds. The van der Waals surface area contributed by atoms with Crippen molar-refractivity contribution in [1.29, 1.82) is 0 Å². The van der Waals surface area contributed by atoms with E-state index in [4.69, 9.17) is 11.6 Å². The first kappa shape index (κ1) is 12.5. The van der Waals surface area contributed by atoms with Crippen LogP contribution in [0.25, 0.3) is 0 Å². The number of rotatable bonds is 4. The first-order valence-electron chi connectivity index (χ1n) is 5.57. The smallest absolute Gasteiger partial charge is 0.222 e. The Morgan fingerprint density at radius 3 is 2.53 bits per heavy atom. The molecule has 0 saturated heterocycles. The lowest BCUT2D eigenvalue weighted by atomic mass is 9.86. The van der Waals surface area contributed by atoms with Gasteiger partial charge in [0.15, 0.2) is 0 Å². The summed E-state index contributed by atoms with van der Waals surface area (Å²) in [7, 11) is 0. The van der Waals surface area contributed by atoms with Gasteiger partial charge in [-0.05, 0) is 30.4 Å². The molecule has 0 spiro atoms.